The molecule has 0 unspecified atom stereocenters. The quantitative estimate of drug-likeness (QED) is 0.663. The molecule has 1 saturated heterocycles. The maximum Gasteiger partial charge on any atom is 0.248 e. The standard InChI is InChI=1S/C10H19NO2/c1-3-13-8-10(12)11-6-4-9(2)5-7-11/h9H,3-8H2,1-2H3. The Morgan fingerprint density at radius 3 is 2.62 bits per heavy atom. The van der Waals surface area contributed by atoms with Gasteiger partial charge in [0.1, 0.15) is 6.61 Å². The number of rotatable bonds is 3. The summed E-state index contributed by atoms with van der Waals surface area (Å²) >= 11 is 0. The minimum Gasteiger partial charge on any atom is -0.372 e. The summed E-state index contributed by atoms with van der Waals surface area (Å²) in [5.74, 6) is 0.921. The van der Waals surface area contributed by atoms with Gasteiger partial charge in [0.05, 0.1) is 0 Å². The molecule has 0 aromatic rings. The summed E-state index contributed by atoms with van der Waals surface area (Å²) in [7, 11) is 0. The van der Waals surface area contributed by atoms with Crippen LogP contribution in [0.4, 0.5) is 0 Å². The first-order valence-corrected chi connectivity index (χ1v) is 5.09. The van der Waals surface area contributed by atoms with Gasteiger partial charge in [0.25, 0.3) is 0 Å². The van der Waals surface area contributed by atoms with E-state index in [1.54, 1.807) is 0 Å². The van der Waals surface area contributed by atoms with Crippen molar-refractivity contribution in [2.45, 2.75) is 26.7 Å². The maximum atomic E-state index is 11.5. The van der Waals surface area contributed by atoms with Crippen LogP contribution in [0.15, 0.2) is 0 Å². The summed E-state index contributed by atoms with van der Waals surface area (Å²) in [5, 5.41) is 0. The second-order valence-corrected chi connectivity index (χ2v) is 3.70. The number of likely N-dealkylation sites (tertiary alicyclic amines) is 1. The molecule has 1 amide bonds. The molecule has 3 heteroatoms. The van der Waals surface area contributed by atoms with Gasteiger partial charge >= 0.3 is 0 Å². The van der Waals surface area contributed by atoms with E-state index in [1.807, 2.05) is 11.8 Å². The minimum atomic E-state index is 0.147. The van der Waals surface area contributed by atoms with E-state index in [1.165, 1.54) is 0 Å². The summed E-state index contributed by atoms with van der Waals surface area (Å²) in [4.78, 5) is 13.4. The zero-order chi connectivity index (χ0) is 9.68. The molecule has 1 aliphatic rings. The molecule has 1 fully saturated rings. The van der Waals surface area contributed by atoms with Gasteiger partial charge in [-0.05, 0) is 25.7 Å². The van der Waals surface area contributed by atoms with E-state index in [9.17, 15) is 4.79 Å². The molecular formula is C10H19NO2. The molecule has 3 nitrogen and oxygen atoms in total. The molecule has 76 valence electrons. The number of hydrogen-bond donors (Lipinski definition) is 0. The van der Waals surface area contributed by atoms with Gasteiger partial charge in [-0.2, -0.15) is 0 Å². The van der Waals surface area contributed by atoms with Gasteiger partial charge in [0.15, 0.2) is 0 Å². The maximum absolute atomic E-state index is 11.5. The van der Waals surface area contributed by atoms with E-state index >= 15 is 0 Å². The molecule has 0 aromatic carbocycles. The molecular weight excluding hydrogens is 166 g/mol. The fraction of sp³-hybridized carbons (Fsp3) is 0.900. The van der Waals surface area contributed by atoms with Crippen molar-refractivity contribution in [2.75, 3.05) is 26.3 Å². The van der Waals surface area contributed by atoms with Crippen LogP contribution in [0.25, 0.3) is 0 Å². The molecule has 0 atom stereocenters. The van der Waals surface area contributed by atoms with Crippen molar-refractivity contribution in [3.8, 4) is 0 Å². The summed E-state index contributed by atoms with van der Waals surface area (Å²) in [5.41, 5.74) is 0. The minimum absolute atomic E-state index is 0.147. The first-order chi connectivity index (χ1) is 6.24. The third kappa shape index (κ3) is 3.35. The van der Waals surface area contributed by atoms with Crippen molar-refractivity contribution < 1.29 is 9.53 Å². The highest BCUT2D eigenvalue weighted by atomic mass is 16.5. The number of piperidine rings is 1. The SMILES string of the molecule is CCOCC(=O)N1CCC(C)CC1. The number of ether oxygens (including phenoxy) is 1. The Balaban J connectivity index is 2.23. The highest BCUT2D eigenvalue weighted by molar-refractivity contribution is 5.77. The molecule has 1 rings (SSSR count). The monoisotopic (exact) mass is 185 g/mol. The third-order valence-corrected chi connectivity index (χ3v) is 2.57. The first-order valence-electron chi connectivity index (χ1n) is 5.09. The van der Waals surface area contributed by atoms with E-state index in [0.29, 0.717) is 6.61 Å². The fourth-order valence-corrected chi connectivity index (χ4v) is 1.54. The topological polar surface area (TPSA) is 29.5 Å². The van der Waals surface area contributed by atoms with Crippen molar-refractivity contribution in [1.29, 1.82) is 0 Å². The Hall–Kier alpha value is -0.570. The predicted molar refractivity (Wildman–Crippen MR) is 51.5 cm³/mol. The number of amides is 1. The zero-order valence-electron chi connectivity index (χ0n) is 8.58. The highest BCUT2D eigenvalue weighted by Crippen LogP contribution is 2.15. The molecule has 1 aliphatic heterocycles. The largest absolute Gasteiger partial charge is 0.372 e. The number of carbonyl (C=O) groups is 1. The summed E-state index contributed by atoms with van der Waals surface area (Å²) < 4.78 is 5.08. The molecule has 0 saturated carbocycles. The summed E-state index contributed by atoms with van der Waals surface area (Å²) in [6.07, 6.45) is 2.27. The van der Waals surface area contributed by atoms with Gasteiger partial charge in [-0.25, -0.2) is 0 Å². The molecule has 0 aliphatic carbocycles. The Morgan fingerprint density at radius 2 is 2.08 bits per heavy atom. The van der Waals surface area contributed by atoms with E-state index in [4.69, 9.17) is 4.74 Å². The Bertz CT molecular complexity index is 162. The van der Waals surface area contributed by atoms with E-state index < -0.39 is 0 Å². The lowest BCUT2D eigenvalue weighted by molar-refractivity contribution is -0.137. The smallest absolute Gasteiger partial charge is 0.248 e. The van der Waals surface area contributed by atoms with Crippen molar-refractivity contribution in [1.82, 2.24) is 4.90 Å². The summed E-state index contributed by atoms with van der Waals surface area (Å²) in [6, 6.07) is 0. The average Bonchev–Trinajstić information content (AvgIpc) is 2.15. The van der Waals surface area contributed by atoms with E-state index in [-0.39, 0.29) is 12.5 Å². The predicted octanol–water partition coefficient (Wildman–Crippen LogP) is 1.28. The van der Waals surface area contributed by atoms with Gasteiger partial charge < -0.3 is 9.64 Å². The Kier molecular flexibility index (Phi) is 4.22. The van der Waals surface area contributed by atoms with Crippen LogP contribution in [0, 0.1) is 5.92 Å². The van der Waals surface area contributed by atoms with Gasteiger partial charge in [-0.15, -0.1) is 0 Å². The summed E-state index contributed by atoms with van der Waals surface area (Å²) in [6.45, 7) is 6.84. The van der Waals surface area contributed by atoms with Crippen LogP contribution in [0.2, 0.25) is 0 Å². The van der Waals surface area contributed by atoms with E-state index in [0.717, 1.165) is 31.8 Å². The molecule has 0 N–H and O–H groups in total. The highest BCUT2D eigenvalue weighted by Gasteiger charge is 2.19. The Morgan fingerprint density at radius 1 is 1.46 bits per heavy atom. The van der Waals surface area contributed by atoms with Crippen molar-refractivity contribution >= 4 is 5.91 Å². The normalized spacial score (nSPS) is 19.1. The second kappa shape index (κ2) is 5.22. The van der Waals surface area contributed by atoms with Gasteiger partial charge in [-0.1, -0.05) is 6.92 Å². The van der Waals surface area contributed by atoms with Crippen LogP contribution in [-0.2, 0) is 9.53 Å². The first kappa shape index (κ1) is 10.5. The second-order valence-electron chi connectivity index (χ2n) is 3.70. The molecule has 1 heterocycles. The molecule has 0 radical (unpaired) electrons. The zero-order valence-corrected chi connectivity index (χ0v) is 8.58. The van der Waals surface area contributed by atoms with Gasteiger partial charge in [0, 0.05) is 19.7 Å². The fourth-order valence-electron chi connectivity index (χ4n) is 1.54. The van der Waals surface area contributed by atoms with Crippen LogP contribution in [-0.4, -0.2) is 37.1 Å². The van der Waals surface area contributed by atoms with Gasteiger partial charge in [0.2, 0.25) is 5.91 Å². The average molecular weight is 185 g/mol. The van der Waals surface area contributed by atoms with Crippen LogP contribution in [0.3, 0.4) is 0 Å². The molecule has 0 spiro atoms. The van der Waals surface area contributed by atoms with Crippen LogP contribution >= 0.6 is 0 Å². The lowest BCUT2D eigenvalue weighted by Crippen LogP contribution is -2.39. The van der Waals surface area contributed by atoms with Crippen LogP contribution in [0.1, 0.15) is 26.7 Å². The lowest BCUT2D eigenvalue weighted by atomic mass is 9.99. The molecule has 0 aromatic heterocycles. The lowest BCUT2D eigenvalue weighted by Gasteiger charge is -2.30. The Labute approximate surface area is 80.1 Å². The van der Waals surface area contributed by atoms with Crippen LogP contribution < -0.4 is 0 Å². The van der Waals surface area contributed by atoms with Crippen molar-refractivity contribution in [2.24, 2.45) is 5.92 Å². The van der Waals surface area contributed by atoms with Crippen LogP contribution in [0.5, 0.6) is 0 Å². The van der Waals surface area contributed by atoms with E-state index in [2.05, 4.69) is 6.92 Å². The van der Waals surface area contributed by atoms with Crippen molar-refractivity contribution in [3.05, 3.63) is 0 Å². The molecule has 13 heavy (non-hydrogen) atoms. The third-order valence-electron chi connectivity index (χ3n) is 2.57. The molecule has 0 bridgehead atoms. The number of nitrogens with zero attached hydrogens (tertiary/aromatic N) is 1. The van der Waals surface area contributed by atoms with Gasteiger partial charge in [-0.3, -0.25) is 4.79 Å². The van der Waals surface area contributed by atoms with Crippen molar-refractivity contribution in [3.63, 3.8) is 0 Å². The number of carbonyl (C=O) groups excluding carboxylic acids is 1. The number of hydrogen-bond acceptors (Lipinski definition) is 2.